The molecule has 2 aromatic rings. The molecule has 0 aliphatic carbocycles. The maximum Gasteiger partial charge on any atom is 0.0671 e. The van der Waals surface area contributed by atoms with Crippen LogP contribution in [0.25, 0.3) is 0 Å². The number of thioether (sulfide) groups is 1. The average Bonchev–Trinajstić information content (AvgIpc) is 2.89. The summed E-state index contributed by atoms with van der Waals surface area (Å²) in [6.07, 6.45) is 1.25. The summed E-state index contributed by atoms with van der Waals surface area (Å²) in [6, 6.07) is 11.7. The Hall–Kier alpha value is -0.770. The van der Waals surface area contributed by atoms with Crippen LogP contribution in [-0.4, -0.2) is 12.3 Å². The zero-order valence-corrected chi connectivity index (χ0v) is 13.7. The third-order valence-corrected chi connectivity index (χ3v) is 6.06. The van der Waals surface area contributed by atoms with E-state index in [-0.39, 0.29) is 0 Å². The molecule has 1 nitrogen and oxygen atoms in total. The van der Waals surface area contributed by atoms with E-state index >= 15 is 0 Å². The fourth-order valence-corrected chi connectivity index (χ4v) is 5.14. The van der Waals surface area contributed by atoms with E-state index in [0.29, 0.717) is 6.04 Å². The number of rotatable bonds is 4. The molecule has 0 amide bonds. The number of benzene rings is 1. The first-order valence-electron chi connectivity index (χ1n) is 7.27. The maximum absolute atomic E-state index is 3.65. The fourth-order valence-electron chi connectivity index (χ4n) is 2.66. The van der Waals surface area contributed by atoms with E-state index in [9.17, 15) is 0 Å². The molecule has 20 heavy (non-hydrogen) atoms. The topological polar surface area (TPSA) is 12.0 Å². The van der Waals surface area contributed by atoms with E-state index < -0.39 is 0 Å². The number of fused-ring (bicyclic) bond motifs is 1. The van der Waals surface area contributed by atoms with Gasteiger partial charge in [0.15, 0.2) is 0 Å². The summed E-state index contributed by atoms with van der Waals surface area (Å²) >= 11 is 4.07. The van der Waals surface area contributed by atoms with Gasteiger partial charge >= 0.3 is 0 Å². The van der Waals surface area contributed by atoms with Gasteiger partial charge in [-0.2, -0.15) is 11.8 Å². The minimum absolute atomic E-state index is 0.348. The van der Waals surface area contributed by atoms with Crippen LogP contribution in [0.5, 0.6) is 0 Å². The molecule has 0 spiro atoms. The number of thiophene rings is 1. The Balaban J connectivity index is 1.93. The zero-order valence-electron chi connectivity index (χ0n) is 12.1. The predicted octanol–water partition coefficient (Wildman–Crippen LogP) is 4.54. The van der Waals surface area contributed by atoms with Crippen molar-refractivity contribution < 1.29 is 0 Å². The molecular formula is C17H21NS2. The van der Waals surface area contributed by atoms with E-state index in [0.717, 1.165) is 6.54 Å². The van der Waals surface area contributed by atoms with Crippen molar-refractivity contribution in [2.24, 2.45) is 0 Å². The Kier molecular flexibility index (Phi) is 4.49. The van der Waals surface area contributed by atoms with Gasteiger partial charge in [-0.3, -0.25) is 0 Å². The van der Waals surface area contributed by atoms with Crippen molar-refractivity contribution in [3.05, 3.63) is 56.8 Å². The zero-order chi connectivity index (χ0) is 13.9. The molecule has 0 saturated heterocycles. The molecule has 0 fully saturated rings. The molecule has 1 aliphatic rings. The van der Waals surface area contributed by atoms with Crippen molar-refractivity contribution in [3.63, 3.8) is 0 Å². The minimum atomic E-state index is 0.348. The van der Waals surface area contributed by atoms with Gasteiger partial charge in [0.2, 0.25) is 0 Å². The van der Waals surface area contributed by atoms with Crippen molar-refractivity contribution in [1.82, 2.24) is 5.32 Å². The van der Waals surface area contributed by atoms with Crippen LogP contribution >= 0.6 is 23.1 Å². The summed E-state index contributed by atoms with van der Waals surface area (Å²) in [5, 5.41) is 3.65. The minimum Gasteiger partial charge on any atom is -0.306 e. The lowest BCUT2D eigenvalue weighted by molar-refractivity contribution is 0.639. The molecule has 1 aromatic carbocycles. The van der Waals surface area contributed by atoms with Gasteiger partial charge in [0.25, 0.3) is 0 Å². The SMILES string of the molecule is CCNC(c1ccc(C)cc1)c1cc2c(s1)CCSC2. The number of nitrogens with one attached hydrogen (secondary N) is 1. The highest BCUT2D eigenvalue weighted by atomic mass is 32.2. The molecule has 1 atom stereocenters. The maximum atomic E-state index is 3.65. The average molecular weight is 303 g/mol. The summed E-state index contributed by atoms with van der Waals surface area (Å²) in [5.74, 6) is 2.47. The molecule has 1 unspecified atom stereocenters. The molecule has 2 heterocycles. The van der Waals surface area contributed by atoms with E-state index in [1.807, 2.05) is 11.3 Å². The van der Waals surface area contributed by atoms with E-state index in [2.05, 4.69) is 61.3 Å². The van der Waals surface area contributed by atoms with Gasteiger partial charge in [-0.05, 0) is 42.8 Å². The summed E-state index contributed by atoms with van der Waals surface area (Å²) in [5.41, 5.74) is 4.27. The first kappa shape index (κ1) is 14.2. The van der Waals surface area contributed by atoms with Gasteiger partial charge in [0.1, 0.15) is 0 Å². The Morgan fingerprint density at radius 3 is 2.75 bits per heavy atom. The molecule has 1 aromatic heterocycles. The van der Waals surface area contributed by atoms with Gasteiger partial charge in [-0.1, -0.05) is 36.8 Å². The lowest BCUT2D eigenvalue weighted by atomic mass is 10.0. The lowest BCUT2D eigenvalue weighted by Crippen LogP contribution is -2.21. The summed E-state index contributed by atoms with van der Waals surface area (Å²) in [6.45, 7) is 5.33. The van der Waals surface area contributed by atoms with Gasteiger partial charge < -0.3 is 5.32 Å². The third kappa shape index (κ3) is 2.95. The molecule has 1 N–H and O–H groups in total. The van der Waals surface area contributed by atoms with Crippen molar-refractivity contribution in [2.75, 3.05) is 12.3 Å². The second-order valence-electron chi connectivity index (χ2n) is 5.30. The molecule has 0 saturated carbocycles. The molecule has 0 bridgehead atoms. The monoisotopic (exact) mass is 303 g/mol. The van der Waals surface area contributed by atoms with Crippen LogP contribution < -0.4 is 5.32 Å². The molecular weight excluding hydrogens is 282 g/mol. The summed E-state index contributed by atoms with van der Waals surface area (Å²) < 4.78 is 0. The Labute approximate surface area is 129 Å². The molecule has 3 heteroatoms. The van der Waals surface area contributed by atoms with Gasteiger partial charge in [0, 0.05) is 15.5 Å². The highest BCUT2D eigenvalue weighted by Crippen LogP contribution is 2.36. The van der Waals surface area contributed by atoms with E-state index in [4.69, 9.17) is 0 Å². The van der Waals surface area contributed by atoms with Crippen LogP contribution in [0.15, 0.2) is 30.3 Å². The second kappa shape index (κ2) is 6.33. The van der Waals surface area contributed by atoms with Crippen molar-refractivity contribution in [2.45, 2.75) is 32.1 Å². The molecule has 106 valence electrons. The largest absolute Gasteiger partial charge is 0.306 e. The Morgan fingerprint density at radius 1 is 1.25 bits per heavy atom. The second-order valence-corrected chi connectivity index (χ2v) is 7.57. The summed E-state index contributed by atoms with van der Waals surface area (Å²) in [7, 11) is 0. The number of aryl methyl sites for hydroxylation is 2. The predicted molar refractivity (Wildman–Crippen MR) is 90.9 cm³/mol. The van der Waals surface area contributed by atoms with Crippen molar-refractivity contribution in [3.8, 4) is 0 Å². The first-order valence-corrected chi connectivity index (χ1v) is 9.24. The summed E-state index contributed by atoms with van der Waals surface area (Å²) in [4.78, 5) is 3.08. The van der Waals surface area contributed by atoms with E-state index in [1.54, 1.807) is 10.4 Å². The quantitative estimate of drug-likeness (QED) is 0.889. The Bertz CT molecular complexity index is 548. The van der Waals surface area contributed by atoms with Gasteiger partial charge in [0.05, 0.1) is 6.04 Å². The molecule has 3 rings (SSSR count). The van der Waals surface area contributed by atoms with Crippen LogP contribution in [0.4, 0.5) is 0 Å². The first-order chi connectivity index (χ1) is 9.78. The van der Waals surface area contributed by atoms with Crippen molar-refractivity contribution >= 4 is 23.1 Å². The van der Waals surface area contributed by atoms with Crippen LogP contribution in [0.1, 0.15) is 39.4 Å². The van der Waals surface area contributed by atoms with Crippen LogP contribution in [-0.2, 0) is 12.2 Å². The van der Waals surface area contributed by atoms with Gasteiger partial charge in [-0.25, -0.2) is 0 Å². The Morgan fingerprint density at radius 2 is 2.05 bits per heavy atom. The number of hydrogen-bond acceptors (Lipinski definition) is 3. The highest BCUT2D eigenvalue weighted by molar-refractivity contribution is 7.98. The standard InChI is InChI=1S/C17H21NS2/c1-3-18-17(13-6-4-12(2)5-7-13)16-10-14-11-19-9-8-15(14)20-16/h4-7,10,17-18H,3,8-9,11H2,1-2H3. The van der Waals surface area contributed by atoms with E-state index in [1.165, 1.54) is 33.9 Å². The third-order valence-electron chi connectivity index (χ3n) is 3.75. The van der Waals surface area contributed by atoms with Gasteiger partial charge in [-0.15, -0.1) is 11.3 Å². The van der Waals surface area contributed by atoms with Crippen LogP contribution in [0.2, 0.25) is 0 Å². The molecule has 1 aliphatic heterocycles. The molecule has 0 radical (unpaired) electrons. The van der Waals surface area contributed by atoms with Crippen LogP contribution in [0.3, 0.4) is 0 Å². The fraction of sp³-hybridized carbons (Fsp3) is 0.412. The highest BCUT2D eigenvalue weighted by Gasteiger charge is 2.20. The van der Waals surface area contributed by atoms with Crippen LogP contribution in [0, 0.1) is 6.92 Å². The normalized spacial score (nSPS) is 15.9. The lowest BCUT2D eigenvalue weighted by Gasteiger charge is -2.17. The number of hydrogen-bond donors (Lipinski definition) is 1. The smallest absolute Gasteiger partial charge is 0.0671 e. The van der Waals surface area contributed by atoms with Crippen molar-refractivity contribution in [1.29, 1.82) is 0 Å².